The van der Waals surface area contributed by atoms with Gasteiger partial charge in [0.15, 0.2) is 0 Å². The number of carbonyl (C=O) groups excluding carboxylic acids is 2. The minimum atomic E-state index is -1.15. The van der Waals surface area contributed by atoms with Crippen molar-refractivity contribution < 1.29 is 14.3 Å². The molecule has 0 heterocycles. The van der Waals surface area contributed by atoms with E-state index >= 15 is 0 Å². The summed E-state index contributed by atoms with van der Waals surface area (Å²) in [4.78, 5) is 26.2. The van der Waals surface area contributed by atoms with Crippen molar-refractivity contribution in [2.45, 2.75) is 33.2 Å². The average Bonchev–Trinajstić information content (AvgIpc) is 2.24. The molecular formula is C11H16N2O3. The van der Waals surface area contributed by atoms with Gasteiger partial charge < -0.3 is 9.53 Å². The standard InChI is InChI=1S/C11H16N2O3/c1-10(2,7-14)13-8(6-12)11(3,4)9(15)16-5/h7H,1-5H3. The van der Waals surface area contributed by atoms with Gasteiger partial charge in [0.1, 0.15) is 29.0 Å². The van der Waals surface area contributed by atoms with Crippen molar-refractivity contribution in [3.05, 3.63) is 0 Å². The number of methoxy groups -OCH3 is 1. The zero-order chi connectivity index (χ0) is 13.0. The molecule has 16 heavy (non-hydrogen) atoms. The first kappa shape index (κ1) is 14.3. The third-order valence-corrected chi connectivity index (χ3v) is 2.08. The Kier molecular flexibility index (Phi) is 4.36. The maximum absolute atomic E-state index is 11.5. The summed E-state index contributed by atoms with van der Waals surface area (Å²) in [5.74, 6) is -0.561. The van der Waals surface area contributed by atoms with Gasteiger partial charge in [-0.15, -0.1) is 0 Å². The molecule has 0 spiro atoms. The highest BCUT2D eigenvalue weighted by Gasteiger charge is 2.36. The van der Waals surface area contributed by atoms with Crippen molar-refractivity contribution in [3.63, 3.8) is 0 Å². The van der Waals surface area contributed by atoms with Crippen LogP contribution in [0.1, 0.15) is 27.7 Å². The Balaban J connectivity index is 5.41. The molecule has 88 valence electrons. The Hall–Kier alpha value is -1.70. The summed E-state index contributed by atoms with van der Waals surface area (Å²) < 4.78 is 4.59. The summed E-state index contributed by atoms with van der Waals surface area (Å²) in [6.45, 7) is 6.18. The van der Waals surface area contributed by atoms with Crippen molar-refractivity contribution in [1.29, 1.82) is 5.26 Å². The first-order chi connectivity index (χ1) is 7.21. The fourth-order valence-electron chi connectivity index (χ4n) is 0.971. The summed E-state index contributed by atoms with van der Waals surface area (Å²) in [6, 6.07) is 1.84. The Labute approximate surface area is 95.1 Å². The molecule has 0 amide bonds. The Bertz CT molecular complexity index is 362. The molecule has 0 aromatic heterocycles. The molecule has 0 unspecified atom stereocenters. The van der Waals surface area contributed by atoms with E-state index in [2.05, 4.69) is 9.73 Å². The summed E-state index contributed by atoms with van der Waals surface area (Å²) >= 11 is 0. The largest absolute Gasteiger partial charge is 0.468 e. The molecule has 0 aliphatic carbocycles. The number of esters is 1. The molecular weight excluding hydrogens is 208 g/mol. The van der Waals surface area contributed by atoms with Gasteiger partial charge in [0.05, 0.1) is 7.11 Å². The van der Waals surface area contributed by atoms with E-state index in [1.807, 2.05) is 6.07 Å². The normalized spacial score (nSPS) is 12.9. The van der Waals surface area contributed by atoms with Gasteiger partial charge in [0.25, 0.3) is 0 Å². The SMILES string of the molecule is COC(=O)C(C)(C)C(C#N)=NC(C)(C)C=O. The van der Waals surface area contributed by atoms with Gasteiger partial charge in [-0.05, 0) is 27.7 Å². The summed E-state index contributed by atoms with van der Waals surface area (Å²) in [7, 11) is 1.24. The molecule has 5 heteroatoms. The number of nitriles is 1. The van der Waals surface area contributed by atoms with Crippen LogP contribution in [-0.2, 0) is 14.3 Å². The fourth-order valence-corrected chi connectivity index (χ4v) is 0.971. The lowest BCUT2D eigenvalue weighted by Gasteiger charge is -2.22. The van der Waals surface area contributed by atoms with Crippen LogP contribution < -0.4 is 0 Å². The van der Waals surface area contributed by atoms with Crippen molar-refractivity contribution in [1.82, 2.24) is 0 Å². The van der Waals surface area contributed by atoms with Gasteiger partial charge in [-0.1, -0.05) is 0 Å². The van der Waals surface area contributed by atoms with E-state index in [-0.39, 0.29) is 5.71 Å². The Morgan fingerprint density at radius 1 is 1.38 bits per heavy atom. The molecule has 0 aliphatic rings. The second kappa shape index (κ2) is 4.88. The quantitative estimate of drug-likeness (QED) is 0.407. The molecule has 0 bridgehead atoms. The fraction of sp³-hybridized carbons (Fsp3) is 0.636. The maximum Gasteiger partial charge on any atom is 0.318 e. The van der Waals surface area contributed by atoms with Crippen LogP contribution in [0.2, 0.25) is 0 Å². The van der Waals surface area contributed by atoms with Crippen LogP contribution in [0, 0.1) is 16.7 Å². The van der Waals surface area contributed by atoms with Crippen molar-refractivity contribution in [3.8, 4) is 6.07 Å². The highest BCUT2D eigenvalue weighted by atomic mass is 16.5. The second-order valence-electron chi connectivity index (χ2n) is 4.46. The van der Waals surface area contributed by atoms with Gasteiger partial charge in [0, 0.05) is 0 Å². The van der Waals surface area contributed by atoms with Crippen LogP contribution in [-0.4, -0.2) is 30.6 Å². The summed E-state index contributed by atoms with van der Waals surface area (Å²) in [5, 5.41) is 8.96. The molecule has 0 aromatic rings. The first-order valence-electron chi connectivity index (χ1n) is 4.76. The van der Waals surface area contributed by atoms with Gasteiger partial charge in [-0.2, -0.15) is 5.26 Å². The van der Waals surface area contributed by atoms with Gasteiger partial charge in [0.2, 0.25) is 0 Å². The van der Waals surface area contributed by atoms with Crippen LogP contribution in [0.15, 0.2) is 4.99 Å². The molecule has 0 radical (unpaired) electrons. The van der Waals surface area contributed by atoms with E-state index in [0.29, 0.717) is 6.29 Å². The topological polar surface area (TPSA) is 79.5 Å². The van der Waals surface area contributed by atoms with Crippen LogP contribution in [0.25, 0.3) is 0 Å². The predicted molar refractivity (Wildman–Crippen MR) is 59.0 cm³/mol. The monoisotopic (exact) mass is 224 g/mol. The Morgan fingerprint density at radius 2 is 1.88 bits per heavy atom. The third kappa shape index (κ3) is 3.16. The highest BCUT2D eigenvalue weighted by molar-refractivity contribution is 6.14. The van der Waals surface area contributed by atoms with Crippen molar-refractivity contribution in [2.75, 3.05) is 7.11 Å². The number of hydrogen-bond donors (Lipinski definition) is 0. The zero-order valence-corrected chi connectivity index (χ0v) is 10.2. The van der Waals surface area contributed by atoms with E-state index in [0.717, 1.165) is 0 Å². The number of aldehydes is 1. The number of carbonyl (C=O) groups is 2. The molecule has 0 aliphatic heterocycles. The van der Waals surface area contributed by atoms with Crippen LogP contribution in [0.4, 0.5) is 0 Å². The van der Waals surface area contributed by atoms with Crippen LogP contribution in [0.5, 0.6) is 0 Å². The first-order valence-corrected chi connectivity index (χ1v) is 4.76. The lowest BCUT2D eigenvalue weighted by atomic mass is 9.87. The minimum absolute atomic E-state index is 0.0172. The number of ether oxygens (including phenoxy) is 1. The van der Waals surface area contributed by atoms with Crippen LogP contribution in [0.3, 0.4) is 0 Å². The van der Waals surface area contributed by atoms with E-state index in [4.69, 9.17) is 5.26 Å². The number of aliphatic imine (C=N–C) groups is 1. The number of rotatable bonds is 4. The average molecular weight is 224 g/mol. The zero-order valence-electron chi connectivity index (χ0n) is 10.2. The molecule has 0 rings (SSSR count). The van der Waals surface area contributed by atoms with E-state index in [1.54, 1.807) is 13.8 Å². The maximum atomic E-state index is 11.5. The molecule has 0 saturated carbocycles. The predicted octanol–water partition coefficient (Wildman–Crippen LogP) is 1.13. The molecule has 5 nitrogen and oxygen atoms in total. The molecule has 0 saturated heterocycles. The number of nitrogens with zero attached hydrogens (tertiary/aromatic N) is 2. The molecule has 0 N–H and O–H groups in total. The number of hydrogen-bond acceptors (Lipinski definition) is 5. The minimum Gasteiger partial charge on any atom is -0.468 e. The van der Waals surface area contributed by atoms with Crippen molar-refractivity contribution >= 4 is 18.0 Å². The third-order valence-electron chi connectivity index (χ3n) is 2.08. The van der Waals surface area contributed by atoms with E-state index in [1.165, 1.54) is 21.0 Å². The molecule has 0 atom stereocenters. The van der Waals surface area contributed by atoms with Gasteiger partial charge >= 0.3 is 5.97 Å². The smallest absolute Gasteiger partial charge is 0.318 e. The Morgan fingerprint density at radius 3 is 2.19 bits per heavy atom. The van der Waals surface area contributed by atoms with Gasteiger partial charge in [-0.25, -0.2) is 0 Å². The summed E-state index contributed by atoms with van der Waals surface area (Å²) in [5.41, 5.74) is -2.18. The lowest BCUT2D eigenvalue weighted by Crippen LogP contribution is -2.36. The lowest BCUT2D eigenvalue weighted by molar-refractivity contribution is -0.146. The van der Waals surface area contributed by atoms with E-state index < -0.39 is 16.9 Å². The van der Waals surface area contributed by atoms with Crippen molar-refractivity contribution in [2.24, 2.45) is 10.4 Å². The highest BCUT2D eigenvalue weighted by Crippen LogP contribution is 2.22. The summed E-state index contributed by atoms with van der Waals surface area (Å²) in [6.07, 6.45) is 0.623. The second-order valence-corrected chi connectivity index (χ2v) is 4.46. The van der Waals surface area contributed by atoms with Gasteiger partial charge in [-0.3, -0.25) is 9.79 Å². The van der Waals surface area contributed by atoms with Crippen LogP contribution >= 0.6 is 0 Å². The molecule has 0 fully saturated rings. The molecule has 0 aromatic carbocycles. The van der Waals surface area contributed by atoms with E-state index in [9.17, 15) is 9.59 Å².